The predicted molar refractivity (Wildman–Crippen MR) is 96.1 cm³/mol. The molecule has 0 bridgehead atoms. The number of ether oxygens (including phenoxy) is 1. The summed E-state index contributed by atoms with van der Waals surface area (Å²) in [6.45, 7) is 3.29. The quantitative estimate of drug-likeness (QED) is 0.686. The Labute approximate surface area is 150 Å². The highest BCUT2D eigenvalue weighted by Gasteiger charge is 2.22. The van der Waals surface area contributed by atoms with E-state index in [-0.39, 0.29) is 11.9 Å². The van der Waals surface area contributed by atoms with Crippen molar-refractivity contribution >= 4 is 22.8 Å². The third kappa shape index (κ3) is 3.74. The molecule has 134 valence electrons. The molecule has 0 radical (unpaired) electrons. The Morgan fingerprint density at radius 2 is 1.77 bits per heavy atom. The average molecular weight is 354 g/mol. The lowest BCUT2D eigenvalue weighted by Crippen LogP contribution is -2.37. The molecule has 26 heavy (non-hydrogen) atoms. The Kier molecular flexibility index (Phi) is 5.02. The lowest BCUT2D eigenvalue weighted by atomic mass is 10.1. The first-order valence-corrected chi connectivity index (χ1v) is 8.28. The van der Waals surface area contributed by atoms with Gasteiger partial charge in [0.2, 0.25) is 0 Å². The van der Waals surface area contributed by atoms with Crippen LogP contribution in [0.4, 0.5) is 4.39 Å². The summed E-state index contributed by atoms with van der Waals surface area (Å²) in [6.07, 6.45) is 0.609. The first kappa shape index (κ1) is 17.7. The first-order chi connectivity index (χ1) is 12.5. The molecule has 1 amide bonds. The van der Waals surface area contributed by atoms with Crippen molar-refractivity contribution in [2.75, 3.05) is 0 Å². The maximum absolute atomic E-state index is 13.0. The number of aromatic nitrogens is 1. The largest absolute Gasteiger partial charge is 0.449 e. The van der Waals surface area contributed by atoms with Gasteiger partial charge >= 0.3 is 5.97 Å². The van der Waals surface area contributed by atoms with Gasteiger partial charge in [0.1, 0.15) is 5.82 Å². The van der Waals surface area contributed by atoms with Crippen molar-refractivity contribution in [1.82, 2.24) is 10.3 Å². The van der Waals surface area contributed by atoms with Crippen LogP contribution in [0.1, 0.15) is 35.8 Å². The summed E-state index contributed by atoms with van der Waals surface area (Å²) in [6, 6.07) is 12.9. The molecule has 3 aromatic rings. The molecule has 2 unspecified atom stereocenters. The van der Waals surface area contributed by atoms with Crippen molar-refractivity contribution in [3.8, 4) is 0 Å². The van der Waals surface area contributed by atoms with Crippen LogP contribution in [-0.4, -0.2) is 23.0 Å². The molecule has 1 aromatic heterocycles. The van der Waals surface area contributed by atoms with Crippen LogP contribution in [-0.2, 0) is 9.53 Å². The number of carbonyl (C=O) groups is 2. The molecule has 0 fully saturated rings. The van der Waals surface area contributed by atoms with Gasteiger partial charge < -0.3 is 15.0 Å². The van der Waals surface area contributed by atoms with E-state index >= 15 is 0 Å². The van der Waals surface area contributed by atoms with Gasteiger partial charge in [-0.1, -0.05) is 30.3 Å². The van der Waals surface area contributed by atoms with E-state index in [2.05, 4.69) is 10.3 Å². The van der Waals surface area contributed by atoms with Crippen LogP contribution in [0.2, 0.25) is 0 Å². The molecule has 0 aliphatic carbocycles. The fourth-order valence-corrected chi connectivity index (χ4v) is 2.68. The molecule has 0 saturated heterocycles. The topological polar surface area (TPSA) is 71.2 Å². The van der Waals surface area contributed by atoms with Crippen LogP contribution in [0.15, 0.2) is 54.7 Å². The van der Waals surface area contributed by atoms with Gasteiger partial charge in [0.15, 0.2) is 6.10 Å². The van der Waals surface area contributed by atoms with Crippen LogP contribution in [0, 0.1) is 5.82 Å². The fraction of sp³-hybridized carbons (Fsp3) is 0.200. The Morgan fingerprint density at radius 3 is 2.50 bits per heavy atom. The predicted octanol–water partition coefficient (Wildman–Crippen LogP) is 3.73. The van der Waals surface area contributed by atoms with Gasteiger partial charge in [0.05, 0.1) is 11.6 Å². The molecular formula is C20H19FN2O3. The molecular weight excluding hydrogens is 335 g/mol. The van der Waals surface area contributed by atoms with Gasteiger partial charge in [0.25, 0.3) is 5.91 Å². The summed E-state index contributed by atoms with van der Waals surface area (Å²) in [4.78, 5) is 27.7. The third-order valence-corrected chi connectivity index (χ3v) is 4.19. The van der Waals surface area contributed by atoms with Crippen molar-refractivity contribution < 1.29 is 18.7 Å². The number of para-hydroxylation sites is 1. The lowest BCUT2D eigenvalue weighted by molar-refractivity contribution is -0.129. The van der Waals surface area contributed by atoms with Gasteiger partial charge in [-0.25, -0.2) is 9.18 Å². The van der Waals surface area contributed by atoms with Crippen LogP contribution in [0.25, 0.3) is 10.9 Å². The van der Waals surface area contributed by atoms with E-state index in [1.54, 1.807) is 25.3 Å². The number of aromatic amines is 1. The van der Waals surface area contributed by atoms with E-state index in [4.69, 9.17) is 4.74 Å². The number of halogens is 1. The second kappa shape index (κ2) is 7.39. The van der Waals surface area contributed by atoms with E-state index in [1.165, 1.54) is 19.1 Å². The van der Waals surface area contributed by atoms with Gasteiger partial charge in [-0.3, -0.25) is 4.79 Å². The maximum Gasteiger partial charge on any atom is 0.341 e. The van der Waals surface area contributed by atoms with E-state index in [0.717, 1.165) is 16.5 Å². The highest BCUT2D eigenvalue weighted by Crippen LogP contribution is 2.19. The van der Waals surface area contributed by atoms with E-state index in [1.807, 2.05) is 24.3 Å². The highest BCUT2D eigenvalue weighted by molar-refractivity contribution is 6.04. The smallest absolute Gasteiger partial charge is 0.341 e. The van der Waals surface area contributed by atoms with Crippen LogP contribution in [0.3, 0.4) is 0 Å². The molecule has 0 saturated carbocycles. The lowest BCUT2D eigenvalue weighted by Gasteiger charge is -2.18. The molecule has 0 aliphatic rings. The molecule has 0 aliphatic heterocycles. The van der Waals surface area contributed by atoms with Gasteiger partial charge in [-0.15, -0.1) is 0 Å². The molecule has 3 rings (SSSR count). The van der Waals surface area contributed by atoms with Crippen molar-refractivity contribution in [3.63, 3.8) is 0 Å². The zero-order chi connectivity index (χ0) is 18.7. The van der Waals surface area contributed by atoms with Crippen LogP contribution < -0.4 is 5.32 Å². The fourth-order valence-electron chi connectivity index (χ4n) is 2.68. The molecule has 6 heteroatoms. The Bertz CT molecular complexity index is 934. The Morgan fingerprint density at radius 1 is 1.08 bits per heavy atom. The molecule has 2 atom stereocenters. The van der Waals surface area contributed by atoms with Gasteiger partial charge in [0, 0.05) is 17.1 Å². The van der Waals surface area contributed by atoms with E-state index in [0.29, 0.717) is 5.56 Å². The summed E-state index contributed by atoms with van der Waals surface area (Å²) >= 11 is 0. The summed E-state index contributed by atoms with van der Waals surface area (Å²) in [5.41, 5.74) is 1.96. The monoisotopic (exact) mass is 354 g/mol. The highest BCUT2D eigenvalue weighted by atomic mass is 19.1. The number of hydrogen-bond donors (Lipinski definition) is 2. The summed E-state index contributed by atoms with van der Waals surface area (Å²) in [7, 11) is 0. The van der Waals surface area contributed by atoms with Crippen LogP contribution >= 0.6 is 0 Å². The number of hydrogen-bond acceptors (Lipinski definition) is 3. The van der Waals surface area contributed by atoms with Crippen molar-refractivity contribution in [2.45, 2.75) is 26.0 Å². The standard InChI is InChI=1S/C20H19FN2O3/c1-12(14-7-9-15(21)10-8-14)23-19(24)13(2)26-20(25)17-11-22-18-6-4-3-5-16(17)18/h3-13,22H,1-2H3,(H,23,24). The molecule has 0 spiro atoms. The number of benzene rings is 2. The normalized spacial score (nSPS) is 13.2. The minimum Gasteiger partial charge on any atom is -0.449 e. The Balaban J connectivity index is 1.63. The molecule has 2 N–H and O–H groups in total. The minimum absolute atomic E-state index is 0.336. The Hall–Kier alpha value is -3.15. The second-order valence-corrected chi connectivity index (χ2v) is 6.08. The van der Waals surface area contributed by atoms with E-state index < -0.39 is 18.0 Å². The molecule has 1 heterocycles. The maximum atomic E-state index is 13.0. The van der Waals surface area contributed by atoms with Crippen LogP contribution in [0.5, 0.6) is 0 Å². The summed E-state index contributed by atoms with van der Waals surface area (Å²) in [5.74, 6) is -1.33. The molecule has 5 nitrogen and oxygen atoms in total. The average Bonchev–Trinajstić information content (AvgIpc) is 3.06. The SMILES string of the molecule is CC(OC(=O)c1c[nH]c2ccccc12)C(=O)NC(C)c1ccc(F)cc1. The molecule has 2 aromatic carbocycles. The minimum atomic E-state index is -0.959. The zero-order valence-corrected chi connectivity index (χ0v) is 14.5. The second-order valence-electron chi connectivity index (χ2n) is 6.08. The summed E-state index contributed by atoms with van der Waals surface area (Å²) in [5, 5.41) is 3.50. The third-order valence-electron chi connectivity index (χ3n) is 4.19. The first-order valence-electron chi connectivity index (χ1n) is 8.28. The number of fused-ring (bicyclic) bond motifs is 1. The summed E-state index contributed by atoms with van der Waals surface area (Å²) < 4.78 is 18.3. The number of nitrogens with one attached hydrogen (secondary N) is 2. The zero-order valence-electron chi connectivity index (χ0n) is 14.5. The van der Waals surface area contributed by atoms with Crippen molar-refractivity contribution in [1.29, 1.82) is 0 Å². The van der Waals surface area contributed by atoms with Gasteiger partial charge in [-0.2, -0.15) is 0 Å². The number of rotatable bonds is 5. The number of carbonyl (C=O) groups excluding carboxylic acids is 2. The van der Waals surface area contributed by atoms with Gasteiger partial charge in [-0.05, 0) is 37.6 Å². The van der Waals surface area contributed by atoms with E-state index in [9.17, 15) is 14.0 Å². The van der Waals surface area contributed by atoms with Crippen molar-refractivity contribution in [3.05, 3.63) is 71.7 Å². The number of esters is 1. The number of H-pyrrole nitrogens is 1. The number of amides is 1. The van der Waals surface area contributed by atoms with Crippen molar-refractivity contribution in [2.24, 2.45) is 0 Å².